The molecule has 2 aromatic rings. The summed E-state index contributed by atoms with van der Waals surface area (Å²) in [6, 6.07) is 12.3. The summed E-state index contributed by atoms with van der Waals surface area (Å²) in [6.45, 7) is 4.22. The van der Waals surface area contributed by atoms with Crippen molar-refractivity contribution in [1.29, 1.82) is 0 Å². The molecule has 0 heterocycles. The standard InChI is InChI=1S/C19H24BrNO3/c1-4-24-19-17(22-2)11-14(12-18(19)23-3)8-9-21-13-15-6-5-7-16(20)10-15/h5-7,10-12,21H,4,8-9,13H2,1-3H3. The predicted octanol–water partition coefficient (Wildman–Crippen LogP) is 4.20. The SMILES string of the molecule is CCOc1c(OC)cc(CCNCc2cccc(Br)c2)cc1OC. The van der Waals surface area contributed by atoms with Gasteiger partial charge in [-0.25, -0.2) is 0 Å². The molecule has 0 saturated carbocycles. The minimum atomic E-state index is 0.570. The number of benzene rings is 2. The Labute approximate surface area is 152 Å². The number of rotatable bonds is 9. The number of halogens is 1. The Morgan fingerprint density at radius 1 is 1.00 bits per heavy atom. The highest BCUT2D eigenvalue weighted by Gasteiger charge is 2.13. The minimum Gasteiger partial charge on any atom is -0.493 e. The van der Waals surface area contributed by atoms with Gasteiger partial charge in [-0.15, -0.1) is 0 Å². The van der Waals surface area contributed by atoms with Gasteiger partial charge in [0.1, 0.15) is 0 Å². The van der Waals surface area contributed by atoms with Crippen molar-refractivity contribution in [3.8, 4) is 17.2 Å². The topological polar surface area (TPSA) is 39.7 Å². The number of methoxy groups -OCH3 is 2. The lowest BCUT2D eigenvalue weighted by Gasteiger charge is -2.15. The van der Waals surface area contributed by atoms with Crippen LogP contribution in [0.25, 0.3) is 0 Å². The molecule has 0 aliphatic heterocycles. The van der Waals surface area contributed by atoms with Crippen LogP contribution in [0.1, 0.15) is 18.1 Å². The van der Waals surface area contributed by atoms with Gasteiger partial charge in [-0.3, -0.25) is 0 Å². The molecule has 0 spiro atoms. The maximum absolute atomic E-state index is 5.63. The van der Waals surface area contributed by atoms with Crippen molar-refractivity contribution in [3.63, 3.8) is 0 Å². The monoisotopic (exact) mass is 393 g/mol. The highest BCUT2D eigenvalue weighted by molar-refractivity contribution is 9.10. The van der Waals surface area contributed by atoms with Crippen molar-refractivity contribution < 1.29 is 14.2 Å². The van der Waals surface area contributed by atoms with E-state index in [1.54, 1.807) is 14.2 Å². The van der Waals surface area contributed by atoms with Crippen molar-refractivity contribution in [3.05, 3.63) is 52.0 Å². The molecular weight excluding hydrogens is 370 g/mol. The van der Waals surface area contributed by atoms with Crippen molar-refractivity contribution in [2.45, 2.75) is 19.9 Å². The molecule has 1 N–H and O–H groups in total. The Morgan fingerprint density at radius 2 is 1.71 bits per heavy atom. The maximum atomic E-state index is 5.63. The molecule has 0 aliphatic carbocycles. The van der Waals surface area contributed by atoms with Crippen LogP contribution in [-0.2, 0) is 13.0 Å². The zero-order chi connectivity index (χ0) is 17.4. The summed E-state index contributed by atoms with van der Waals surface area (Å²) in [5.41, 5.74) is 2.40. The highest BCUT2D eigenvalue weighted by atomic mass is 79.9. The van der Waals surface area contributed by atoms with Crippen LogP contribution in [-0.4, -0.2) is 27.4 Å². The van der Waals surface area contributed by atoms with Crippen LogP contribution in [0.3, 0.4) is 0 Å². The summed E-state index contributed by atoms with van der Waals surface area (Å²) in [4.78, 5) is 0. The maximum Gasteiger partial charge on any atom is 0.203 e. The largest absolute Gasteiger partial charge is 0.493 e. The summed E-state index contributed by atoms with van der Waals surface area (Å²) in [5, 5.41) is 3.46. The number of hydrogen-bond acceptors (Lipinski definition) is 4. The van der Waals surface area contributed by atoms with Crippen molar-refractivity contribution in [2.24, 2.45) is 0 Å². The van der Waals surface area contributed by atoms with Crippen LogP contribution in [0.5, 0.6) is 17.2 Å². The van der Waals surface area contributed by atoms with Crippen molar-refractivity contribution >= 4 is 15.9 Å². The Morgan fingerprint density at radius 3 is 2.29 bits per heavy atom. The molecule has 5 heteroatoms. The Kier molecular flexibility index (Phi) is 7.40. The lowest BCUT2D eigenvalue weighted by Crippen LogP contribution is -2.16. The van der Waals surface area contributed by atoms with Gasteiger partial charge in [0.25, 0.3) is 0 Å². The molecule has 130 valence electrons. The molecule has 24 heavy (non-hydrogen) atoms. The second-order valence-corrected chi connectivity index (χ2v) is 6.23. The number of hydrogen-bond donors (Lipinski definition) is 1. The van der Waals surface area contributed by atoms with E-state index in [9.17, 15) is 0 Å². The molecule has 2 aromatic carbocycles. The van der Waals surface area contributed by atoms with Gasteiger partial charge in [0, 0.05) is 11.0 Å². The van der Waals surface area contributed by atoms with Crippen LogP contribution < -0.4 is 19.5 Å². The zero-order valence-corrected chi connectivity index (χ0v) is 16.0. The van der Waals surface area contributed by atoms with E-state index in [1.165, 1.54) is 5.56 Å². The fourth-order valence-corrected chi connectivity index (χ4v) is 2.92. The molecule has 2 rings (SSSR count). The van der Waals surface area contributed by atoms with E-state index in [2.05, 4.69) is 33.4 Å². The fourth-order valence-electron chi connectivity index (χ4n) is 2.48. The smallest absolute Gasteiger partial charge is 0.203 e. The second-order valence-electron chi connectivity index (χ2n) is 5.32. The zero-order valence-electron chi connectivity index (χ0n) is 14.4. The predicted molar refractivity (Wildman–Crippen MR) is 100 cm³/mol. The summed E-state index contributed by atoms with van der Waals surface area (Å²) >= 11 is 3.49. The molecule has 4 nitrogen and oxygen atoms in total. The van der Waals surface area contributed by atoms with Gasteiger partial charge in [-0.2, -0.15) is 0 Å². The summed E-state index contributed by atoms with van der Waals surface area (Å²) < 4.78 is 17.6. The third kappa shape index (κ3) is 5.14. The normalized spacial score (nSPS) is 10.5. The third-order valence-electron chi connectivity index (χ3n) is 3.62. The van der Waals surface area contributed by atoms with E-state index < -0.39 is 0 Å². The van der Waals surface area contributed by atoms with Crippen molar-refractivity contribution in [1.82, 2.24) is 5.32 Å². The van der Waals surface area contributed by atoms with Gasteiger partial charge in [-0.05, 0) is 55.3 Å². The second kappa shape index (κ2) is 9.55. The molecule has 0 unspecified atom stereocenters. The van der Waals surface area contributed by atoms with E-state index in [0.717, 1.165) is 29.5 Å². The molecule has 0 amide bonds. The van der Waals surface area contributed by atoms with Gasteiger partial charge in [-0.1, -0.05) is 28.1 Å². The molecule has 0 aliphatic rings. The first-order chi connectivity index (χ1) is 11.7. The molecule has 0 atom stereocenters. The average Bonchev–Trinajstić information content (AvgIpc) is 2.59. The van der Waals surface area contributed by atoms with E-state index >= 15 is 0 Å². The first-order valence-corrected chi connectivity index (χ1v) is 8.80. The summed E-state index contributed by atoms with van der Waals surface area (Å²) in [6.07, 6.45) is 0.882. The summed E-state index contributed by atoms with van der Waals surface area (Å²) in [7, 11) is 3.29. The number of nitrogens with one attached hydrogen (secondary N) is 1. The number of ether oxygens (including phenoxy) is 3. The first-order valence-electron chi connectivity index (χ1n) is 8.00. The van der Waals surface area contributed by atoms with E-state index in [0.29, 0.717) is 23.9 Å². The Balaban J connectivity index is 1.96. The fraction of sp³-hybridized carbons (Fsp3) is 0.368. The lowest BCUT2D eigenvalue weighted by atomic mass is 10.1. The summed E-state index contributed by atoms with van der Waals surface area (Å²) in [5.74, 6) is 2.07. The third-order valence-corrected chi connectivity index (χ3v) is 4.11. The van der Waals surface area contributed by atoms with Gasteiger partial charge in [0.05, 0.1) is 20.8 Å². The van der Waals surface area contributed by atoms with E-state index in [4.69, 9.17) is 14.2 Å². The molecule has 0 bridgehead atoms. The quantitative estimate of drug-likeness (QED) is 0.648. The van der Waals surface area contributed by atoms with Crippen LogP contribution in [0, 0.1) is 0 Å². The molecule has 0 aromatic heterocycles. The van der Waals surface area contributed by atoms with Gasteiger partial charge < -0.3 is 19.5 Å². The molecule has 0 saturated heterocycles. The minimum absolute atomic E-state index is 0.570. The highest BCUT2D eigenvalue weighted by Crippen LogP contribution is 2.38. The van der Waals surface area contributed by atoms with Gasteiger partial charge in [0.15, 0.2) is 11.5 Å². The van der Waals surface area contributed by atoms with E-state index in [1.807, 2.05) is 31.2 Å². The molecule has 0 fully saturated rings. The van der Waals surface area contributed by atoms with Crippen LogP contribution in [0.2, 0.25) is 0 Å². The van der Waals surface area contributed by atoms with Crippen LogP contribution >= 0.6 is 15.9 Å². The van der Waals surface area contributed by atoms with E-state index in [-0.39, 0.29) is 0 Å². The van der Waals surface area contributed by atoms with Crippen molar-refractivity contribution in [2.75, 3.05) is 27.4 Å². The van der Waals surface area contributed by atoms with Gasteiger partial charge >= 0.3 is 0 Å². The van der Waals surface area contributed by atoms with Crippen LogP contribution in [0.4, 0.5) is 0 Å². The first kappa shape index (κ1) is 18.6. The molecular formula is C19H24BrNO3. The Bertz CT molecular complexity index is 636. The lowest BCUT2D eigenvalue weighted by molar-refractivity contribution is 0.288. The Hall–Kier alpha value is -1.72. The van der Waals surface area contributed by atoms with Crippen LogP contribution in [0.15, 0.2) is 40.9 Å². The van der Waals surface area contributed by atoms with Gasteiger partial charge in [0.2, 0.25) is 5.75 Å². The average molecular weight is 394 g/mol. The molecule has 0 radical (unpaired) electrons.